The number of nitrogens with one attached hydrogen (secondary N) is 4. The summed E-state index contributed by atoms with van der Waals surface area (Å²) in [7, 11) is 0. The van der Waals surface area contributed by atoms with Crippen LogP contribution in [0.4, 0.5) is 13.6 Å². The Labute approximate surface area is 263 Å². The number of alkyl halides is 2. The summed E-state index contributed by atoms with van der Waals surface area (Å²) in [5.41, 5.74) is -0.193. The summed E-state index contributed by atoms with van der Waals surface area (Å²) >= 11 is 0. The molecule has 5 amide bonds. The number of benzene rings is 1. The molecule has 45 heavy (non-hydrogen) atoms. The van der Waals surface area contributed by atoms with Gasteiger partial charge in [-0.3, -0.25) is 14.4 Å². The molecule has 2 aliphatic rings. The fourth-order valence-corrected chi connectivity index (χ4v) is 6.22. The van der Waals surface area contributed by atoms with E-state index in [1.807, 2.05) is 44.2 Å². The first-order chi connectivity index (χ1) is 20.9. The molecule has 1 aliphatic heterocycles. The molecule has 0 bridgehead atoms. The van der Waals surface area contributed by atoms with E-state index in [-0.39, 0.29) is 30.3 Å². The summed E-state index contributed by atoms with van der Waals surface area (Å²) in [4.78, 5) is 66.6. The Hall–Kier alpha value is -3.77. The van der Waals surface area contributed by atoms with Crippen molar-refractivity contribution in [3.05, 3.63) is 35.9 Å². The lowest BCUT2D eigenvalue weighted by Gasteiger charge is -2.38. The number of nitrogens with zero attached hydrogens (tertiary/aromatic N) is 1. The van der Waals surface area contributed by atoms with Gasteiger partial charge in [-0.2, -0.15) is 0 Å². The molecule has 1 aromatic carbocycles. The van der Waals surface area contributed by atoms with Crippen molar-refractivity contribution in [2.24, 2.45) is 28.6 Å². The Bertz CT molecular complexity index is 1250. The first kappa shape index (κ1) is 35.7. The lowest BCUT2D eigenvalue weighted by atomic mass is 9.85. The van der Waals surface area contributed by atoms with Crippen molar-refractivity contribution in [1.82, 2.24) is 26.2 Å². The van der Waals surface area contributed by atoms with Crippen LogP contribution in [0.3, 0.4) is 0 Å². The van der Waals surface area contributed by atoms with Crippen LogP contribution < -0.4 is 21.3 Å². The van der Waals surface area contributed by atoms with Crippen LogP contribution >= 0.6 is 0 Å². The highest BCUT2D eigenvalue weighted by atomic mass is 19.3. The summed E-state index contributed by atoms with van der Waals surface area (Å²) in [5, 5.41) is 19.6. The number of likely N-dealkylation sites (tertiary alicyclic amines) is 1. The molecule has 250 valence electrons. The second kappa shape index (κ2) is 14.1. The van der Waals surface area contributed by atoms with Gasteiger partial charge in [0, 0.05) is 19.5 Å². The topological polar surface area (TPSA) is 157 Å². The van der Waals surface area contributed by atoms with Crippen molar-refractivity contribution in [3.8, 4) is 0 Å². The van der Waals surface area contributed by atoms with E-state index in [4.69, 9.17) is 0 Å². The number of amides is 5. The highest BCUT2D eigenvalue weighted by molar-refractivity contribution is 5.96. The standard InChI is InChI=1S/C32H47F2N5O6/c1-17(2)23(29(43)44)37-30(45)38-25(31(3,4)5)28(42)39-16-19-22(32(19,6)7)24(39)27(41)36-20(15-21(33)34)26(40)35-14-13-18-11-9-8-10-12-18/h8-12,17,19-25H,13-16H2,1-7H3,(H,35,40)(H,36,41)(H,43,44)(H2,37,38,45)/t19?,20?,22?,23-,24-,25+/m0/s1. The van der Waals surface area contributed by atoms with Gasteiger partial charge in [0.2, 0.25) is 24.1 Å². The number of fused-ring (bicyclic) bond motifs is 1. The predicted molar refractivity (Wildman–Crippen MR) is 163 cm³/mol. The van der Waals surface area contributed by atoms with Gasteiger partial charge < -0.3 is 31.3 Å². The fourth-order valence-electron chi connectivity index (χ4n) is 6.22. The van der Waals surface area contributed by atoms with E-state index in [1.54, 1.807) is 34.6 Å². The van der Waals surface area contributed by atoms with Crippen molar-refractivity contribution in [2.45, 2.75) is 91.9 Å². The molecule has 1 aromatic rings. The number of aliphatic carboxylic acids is 1. The van der Waals surface area contributed by atoms with Gasteiger partial charge in [0.1, 0.15) is 24.2 Å². The third-order valence-corrected chi connectivity index (χ3v) is 8.97. The van der Waals surface area contributed by atoms with Crippen LogP contribution in [0, 0.1) is 28.6 Å². The SMILES string of the molecule is CC(C)[C@H](NC(=O)N[C@H](C(=O)N1CC2C([C@H]1C(=O)NC(CC(F)F)C(=O)NCCc1ccccc1)C2(C)C)C(C)(C)C)C(=O)O. The first-order valence-electron chi connectivity index (χ1n) is 15.4. The summed E-state index contributed by atoms with van der Waals surface area (Å²) < 4.78 is 27.1. The molecule has 0 aromatic heterocycles. The highest BCUT2D eigenvalue weighted by Crippen LogP contribution is 2.65. The Balaban J connectivity index is 1.78. The molecular formula is C32H47F2N5O6. The number of hydrogen-bond donors (Lipinski definition) is 5. The van der Waals surface area contributed by atoms with Crippen molar-refractivity contribution < 1.29 is 37.9 Å². The normalized spacial score (nSPS) is 22.2. The fraction of sp³-hybridized carbons (Fsp3) is 0.656. The van der Waals surface area contributed by atoms with E-state index in [0.29, 0.717) is 6.42 Å². The molecule has 0 spiro atoms. The highest BCUT2D eigenvalue weighted by Gasteiger charge is 2.70. The van der Waals surface area contributed by atoms with Crippen LogP contribution in [0.25, 0.3) is 0 Å². The molecule has 6 atom stereocenters. The number of carbonyl (C=O) groups excluding carboxylic acids is 4. The average molecular weight is 636 g/mol. The molecule has 11 nitrogen and oxygen atoms in total. The van der Waals surface area contributed by atoms with Crippen LogP contribution in [0.1, 0.15) is 60.5 Å². The number of piperidine rings is 1. The Morgan fingerprint density at radius 2 is 1.64 bits per heavy atom. The Kier molecular flexibility index (Phi) is 11.2. The maximum atomic E-state index is 14.0. The minimum Gasteiger partial charge on any atom is -0.480 e. The number of hydrogen-bond acceptors (Lipinski definition) is 5. The van der Waals surface area contributed by atoms with Gasteiger partial charge in [-0.25, -0.2) is 18.4 Å². The van der Waals surface area contributed by atoms with Gasteiger partial charge in [0.05, 0.1) is 0 Å². The third-order valence-electron chi connectivity index (χ3n) is 8.97. The molecule has 3 rings (SSSR count). The number of halogens is 2. The van der Waals surface area contributed by atoms with Gasteiger partial charge in [-0.05, 0) is 40.6 Å². The lowest BCUT2D eigenvalue weighted by molar-refractivity contribution is -0.144. The van der Waals surface area contributed by atoms with E-state index in [2.05, 4.69) is 21.3 Å². The van der Waals surface area contributed by atoms with Crippen molar-refractivity contribution in [1.29, 1.82) is 0 Å². The number of carboxylic acids is 1. The maximum Gasteiger partial charge on any atom is 0.326 e. The van der Waals surface area contributed by atoms with Gasteiger partial charge in [0.25, 0.3) is 0 Å². The van der Waals surface area contributed by atoms with Gasteiger partial charge in [-0.1, -0.05) is 78.8 Å². The quantitative estimate of drug-likeness (QED) is 0.224. The number of carbonyl (C=O) groups is 5. The van der Waals surface area contributed by atoms with Crippen LogP contribution in [0.15, 0.2) is 30.3 Å². The largest absolute Gasteiger partial charge is 0.480 e. The van der Waals surface area contributed by atoms with Gasteiger partial charge in [-0.15, -0.1) is 0 Å². The molecule has 1 aliphatic carbocycles. The zero-order valence-electron chi connectivity index (χ0n) is 27.0. The minimum absolute atomic E-state index is 0.0442. The van der Waals surface area contributed by atoms with Crippen molar-refractivity contribution in [3.63, 3.8) is 0 Å². The minimum atomic E-state index is -2.87. The molecule has 2 fully saturated rings. The monoisotopic (exact) mass is 635 g/mol. The number of rotatable bonds is 13. The van der Waals surface area contributed by atoms with E-state index in [1.165, 1.54) is 4.90 Å². The molecule has 1 heterocycles. The van der Waals surface area contributed by atoms with E-state index < -0.39 is 78.1 Å². The molecule has 1 saturated heterocycles. The smallest absolute Gasteiger partial charge is 0.326 e. The maximum absolute atomic E-state index is 14.0. The van der Waals surface area contributed by atoms with Gasteiger partial charge in [0.15, 0.2) is 0 Å². The van der Waals surface area contributed by atoms with Crippen molar-refractivity contribution >= 4 is 29.7 Å². The summed E-state index contributed by atoms with van der Waals surface area (Å²) in [6.45, 7) is 12.8. The first-order valence-corrected chi connectivity index (χ1v) is 15.4. The predicted octanol–water partition coefficient (Wildman–Crippen LogP) is 2.79. The summed E-state index contributed by atoms with van der Waals surface area (Å²) in [6.07, 6.45) is -3.28. The molecule has 1 saturated carbocycles. The summed E-state index contributed by atoms with van der Waals surface area (Å²) in [6, 6.07) is 3.56. The Morgan fingerprint density at radius 1 is 1.02 bits per heavy atom. The molecule has 3 unspecified atom stereocenters. The third kappa shape index (κ3) is 8.70. The number of urea groups is 1. The lowest BCUT2D eigenvalue weighted by Crippen LogP contribution is -2.62. The number of carboxylic acid groups (broad SMARTS) is 1. The molecule has 13 heteroatoms. The Morgan fingerprint density at radius 3 is 2.18 bits per heavy atom. The molecule has 5 N–H and O–H groups in total. The van der Waals surface area contributed by atoms with Crippen LogP contribution in [0.5, 0.6) is 0 Å². The van der Waals surface area contributed by atoms with Crippen LogP contribution in [-0.4, -0.2) is 83.4 Å². The second-order valence-electron chi connectivity index (χ2n) is 14.1. The summed E-state index contributed by atoms with van der Waals surface area (Å²) in [5.74, 6) is -3.98. The molecule has 0 radical (unpaired) electrons. The van der Waals surface area contributed by atoms with Gasteiger partial charge >= 0.3 is 12.0 Å². The molecular weight excluding hydrogens is 588 g/mol. The average Bonchev–Trinajstić information content (AvgIpc) is 3.25. The van der Waals surface area contributed by atoms with Crippen LogP contribution in [0.2, 0.25) is 0 Å². The van der Waals surface area contributed by atoms with Crippen molar-refractivity contribution in [2.75, 3.05) is 13.1 Å². The second-order valence-corrected chi connectivity index (χ2v) is 14.1. The van der Waals surface area contributed by atoms with Crippen LogP contribution in [-0.2, 0) is 25.6 Å². The van der Waals surface area contributed by atoms with E-state index in [0.717, 1.165) is 5.56 Å². The zero-order valence-corrected chi connectivity index (χ0v) is 27.0. The van der Waals surface area contributed by atoms with E-state index >= 15 is 0 Å². The van der Waals surface area contributed by atoms with E-state index in [9.17, 15) is 37.9 Å². The zero-order chi connectivity index (χ0) is 33.9.